The number of nitrogens with zero attached hydrogens (tertiary/aromatic N) is 2. The zero-order chi connectivity index (χ0) is 17.6. The average molecular weight is 344 g/mol. The molecular weight excluding hydrogens is 316 g/mol. The largest absolute Gasteiger partial charge is 0.352 e. The Bertz CT molecular complexity index is 596. The van der Waals surface area contributed by atoms with Crippen LogP contribution in [0.2, 0.25) is 0 Å². The molecular formula is C19H28N4O2. The number of urea groups is 1. The van der Waals surface area contributed by atoms with Crippen molar-refractivity contribution in [2.24, 2.45) is 11.7 Å². The molecule has 0 unspecified atom stereocenters. The summed E-state index contributed by atoms with van der Waals surface area (Å²) >= 11 is 0. The van der Waals surface area contributed by atoms with Crippen LogP contribution in [0.5, 0.6) is 0 Å². The second-order valence-electron chi connectivity index (χ2n) is 7.14. The molecule has 0 saturated carbocycles. The molecule has 25 heavy (non-hydrogen) atoms. The molecule has 136 valence electrons. The summed E-state index contributed by atoms with van der Waals surface area (Å²) in [5.41, 5.74) is 7.74. The fourth-order valence-electron chi connectivity index (χ4n) is 3.69. The predicted octanol–water partition coefficient (Wildman–Crippen LogP) is 1.69. The molecule has 6 nitrogen and oxygen atoms in total. The van der Waals surface area contributed by atoms with Gasteiger partial charge in [0.05, 0.1) is 5.92 Å². The van der Waals surface area contributed by atoms with E-state index in [0.717, 1.165) is 24.9 Å². The van der Waals surface area contributed by atoms with Crippen molar-refractivity contribution in [3.63, 3.8) is 0 Å². The highest BCUT2D eigenvalue weighted by molar-refractivity contribution is 5.80. The van der Waals surface area contributed by atoms with Crippen LogP contribution in [0.1, 0.15) is 36.8 Å². The minimum atomic E-state index is -0.439. The molecule has 2 saturated heterocycles. The van der Waals surface area contributed by atoms with E-state index in [1.165, 1.54) is 31.5 Å². The van der Waals surface area contributed by atoms with Crippen molar-refractivity contribution in [1.29, 1.82) is 0 Å². The van der Waals surface area contributed by atoms with Crippen LogP contribution < -0.4 is 11.1 Å². The summed E-state index contributed by atoms with van der Waals surface area (Å²) in [5.74, 6) is -0.150. The summed E-state index contributed by atoms with van der Waals surface area (Å²) in [6.45, 7) is 5.00. The van der Waals surface area contributed by atoms with Gasteiger partial charge in [0.15, 0.2) is 0 Å². The molecule has 1 atom stereocenters. The smallest absolute Gasteiger partial charge is 0.314 e. The summed E-state index contributed by atoms with van der Waals surface area (Å²) in [6, 6.07) is 8.03. The Morgan fingerprint density at radius 2 is 1.72 bits per heavy atom. The minimum Gasteiger partial charge on any atom is -0.352 e. The number of amides is 3. The van der Waals surface area contributed by atoms with Gasteiger partial charge in [-0.15, -0.1) is 0 Å². The number of likely N-dealkylation sites (tertiary alicyclic amines) is 2. The zero-order valence-electron chi connectivity index (χ0n) is 14.7. The third-order valence-corrected chi connectivity index (χ3v) is 5.20. The standard InChI is InChI=1S/C19H28N4O2/c20-19(25)23-11-3-4-17(14-23)18(24)21-12-15-5-7-16(8-6-15)13-22-9-1-2-10-22/h5-8,17H,1-4,9-14H2,(H2,20,25)(H,21,24)/t17-/m1/s1. The first-order chi connectivity index (χ1) is 12.1. The highest BCUT2D eigenvalue weighted by Gasteiger charge is 2.27. The van der Waals surface area contributed by atoms with E-state index >= 15 is 0 Å². The number of nitrogens with two attached hydrogens (primary N) is 1. The van der Waals surface area contributed by atoms with Crippen LogP contribution in [-0.4, -0.2) is 47.9 Å². The molecule has 3 rings (SSSR count). The molecule has 1 aromatic carbocycles. The molecule has 6 heteroatoms. The number of primary amides is 1. The number of carbonyl (C=O) groups excluding carboxylic acids is 2. The van der Waals surface area contributed by atoms with Gasteiger partial charge >= 0.3 is 6.03 Å². The first-order valence-electron chi connectivity index (χ1n) is 9.24. The molecule has 3 N–H and O–H groups in total. The van der Waals surface area contributed by atoms with E-state index < -0.39 is 6.03 Å². The number of hydrogen-bond acceptors (Lipinski definition) is 3. The van der Waals surface area contributed by atoms with Gasteiger partial charge < -0.3 is 16.0 Å². The summed E-state index contributed by atoms with van der Waals surface area (Å²) < 4.78 is 0. The molecule has 2 fully saturated rings. The number of nitrogens with one attached hydrogen (secondary N) is 1. The first kappa shape index (κ1) is 17.7. The van der Waals surface area contributed by atoms with Crippen LogP contribution >= 0.6 is 0 Å². The third-order valence-electron chi connectivity index (χ3n) is 5.20. The van der Waals surface area contributed by atoms with Crippen molar-refractivity contribution in [2.75, 3.05) is 26.2 Å². The van der Waals surface area contributed by atoms with Crippen molar-refractivity contribution >= 4 is 11.9 Å². The number of rotatable bonds is 5. The second kappa shape index (κ2) is 8.34. The number of benzene rings is 1. The molecule has 0 bridgehead atoms. The van der Waals surface area contributed by atoms with Gasteiger partial charge in [0.2, 0.25) is 5.91 Å². The van der Waals surface area contributed by atoms with Crippen molar-refractivity contribution < 1.29 is 9.59 Å². The average Bonchev–Trinajstić information content (AvgIpc) is 3.14. The quantitative estimate of drug-likeness (QED) is 0.853. The highest BCUT2D eigenvalue weighted by atomic mass is 16.2. The summed E-state index contributed by atoms with van der Waals surface area (Å²) in [6.07, 6.45) is 4.24. The molecule has 3 amide bonds. The lowest BCUT2D eigenvalue weighted by atomic mass is 9.97. The van der Waals surface area contributed by atoms with Crippen LogP contribution in [0.3, 0.4) is 0 Å². The Morgan fingerprint density at radius 1 is 1.04 bits per heavy atom. The van der Waals surface area contributed by atoms with Gasteiger partial charge in [0, 0.05) is 26.2 Å². The topological polar surface area (TPSA) is 78.7 Å². The Morgan fingerprint density at radius 3 is 2.40 bits per heavy atom. The van der Waals surface area contributed by atoms with Crippen LogP contribution in [0.4, 0.5) is 4.79 Å². The molecule has 1 aromatic rings. The lowest BCUT2D eigenvalue weighted by Gasteiger charge is -2.30. The van der Waals surface area contributed by atoms with Gasteiger partial charge in [-0.05, 0) is 49.9 Å². The maximum Gasteiger partial charge on any atom is 0.314 e. The van der Waals surface area contributed by atoms with E-state index in [2.05, 4.69) is 34.5 Å². The summed E-state index contributed by atoms with van der Waals surface area (Å²) in [5, 5.41) is 2.99. The van der Waals surface area contributed by atoms with E-state index in [9.17, 15) is 9.59 Å². The molecule has 2 heterocycles. The molecule has 0 aliphatic carbocycles. The predicted molar refractivity (Wildman–Crippen MR) is 96.7 cm³/mol. The van der Waals surface area contributed by atoms with Gasteiger partial charge in [0.1, 0.15) is 0 Å². The Kier molecular flexibility index (Phi) is 5.91. The van der Waals surface area contributed by atoms with E-state index in [4.69, 9.17) is 5.73 Å². The fraction of sp³-hybridized carbons (Fsp3) is 0.579. The maximum atomic E-state index is 12.3. The van der Waals surface area contributed by atoms with Crippen molar-refractivity contribution in [3.05, 3.63) is 35.4 Å². The van der Waals surface area contributed by atoms with Crippen LogP contribution in [-0.2, 0) is 17.9 Å². The maximum absolute atomic E-state index is 12.3. The van der Waals surface area contributed by atoms with Crippen molar-refractivity contribution in [2.45, 2.75) is 38.8 Å². The van der Waals surface area contributed by atoms with Crippen LogP contribution in [0, 0.1) is 5.92 Å². The van der Waals surface area contributed by atoms with Crippen molar-refractivity contribution in [3.8, 4) is 0 Å². The highest BCUT2D eigenvalue weighted by Crippen LogP contribution is 2.17. The summed E-state index contributed by atoms with van der Waals surface area (Å²) in [4.78, 5) is 27.6. The van der Waals surface area contributed by atoms with Gasteiger partial charge in [-0.2, -0.15) is 0 Å². The first-order valence-corrected chi connectivity index (χ1v) is 9.24. The van der Waals surface area contributed by atoms with Crippen LogP contribution in [0.15, 0.2) is 24.3 Å². The number of carbonyl (C=O) groups is 2. The lowest BCUT2D eigenvalue weighted by Crippen LogP contribution is -2.47. The monoisotopic (exact) mass is 344 g/mol. The normalized spacial score (nSPS) is 21.3. The molecule has 0 radical (unpaired) electrons. The Balaban J connectivity index is 1.46. The fourth-order valence-corrected chi connectivity index (χ4v) is 3.69. The Labute approximate surface area is 149 Å². The van der Waals surface area contributed by atoms with E-state index in [1.54, 1.807) is 4.90 Å². The second-order valence-corrected chi connectivity index (χ2v) is 7.14. The van der Waals surface area contributed by atoms with Gasteiger partial charge in [0.25, 0.3) is 0 Å². The summed E-state index contributed by atoms with van der Waals surface area (Å²) in [7, 11) is 0. The number of hydrogen-bond donors (Lipinski definition) is 2. The third kappa shape index (κ3) is 4.95. The number of piperidine rings is 1. The van der Waals surface area contributed by atoms with E-state index in [-0.39, 0.29) is 11.8 Å². The van der Waals surface area contributed by atoms with Crippen molar-refractivity contribution in [1.82, 2.24) is 15.1 Å². The zero-order valence-corrected chi connectivity index (χ0v) is 14.7. The van der Waals surface area contributed by atoms with Gasteiger partial charge in [-0.25, -0.2) is 4.79 Å². The molecule has 2 aliphatic rings. The van der Waals surface area contributed by atoms with Gasteiger partial charge in [-0.3, -0.25) is 9.69 Å². The van der Waals surface area contributed by atoms with Gasteiger partial charge in [-0.1, -0.05) is 24.3 Å². The molecule has 0 spiro atoms. The lowest BCUT2D eigenvalue weighted by molar-refractivity contribution is -0.126. The van der Waals surface area contributed by atoms with Crippen LogP contribution in [0.25, 0.3) is 0 Å². The Hall–Kier alpha value is -2.08. The molecule has 0 aromatic heterocycles. The minimum absolute atomic E-state index is 0.00657. The van der Waals surface area contributed by atoms with E-state index in [1.807, 2.05) is 0 Å². The SMILES string of the molecule is NC(=O)N1CCC[C@@H](C(=O)NCc2ccc(CN3CCCC3)cc2)C1. The van der Waals surface area contributed by atoms with E-state index in [0.29, 0.717) is 19.6 Å². The molecule has 2 aliphatic heterocycles.